The number of hydrogen-bond donors (Lipinski definition) is 2. The van der Waals surface area contributed by atoms with Crippen LogP contribution in [-0.2, 0) is 4.74 Å². The molecule has 1 fully saturated rings. The molecule has 2 N–H and O–H groups in total. The van der Waals surface area contributed by atoms with Crippen LogP contribution in [0.5, 0.6) is 0 Å². The molecule has 1 saturated heterocycles. The van der Waals surface area contributed by atoms with Gasteiger partial charge in [-0.3, -0.25) is 0 Å². The molecule has 1 aromatic rings. The number of nitrogens with zero attached hydrogens (tertiary/aromatic N) is 1. The molecule has 4 nitrogen and oxygen atoms in total. The van der Waals surface area contributed by atoms with Crippen LogP contribution in [0.3, 0.4) is 0 Å². The number of aromatic nitrogens is 2. The molecule has 1 aliphatic heterocycles. The van der Waals surface area contributed by atoms with E-state index in [-0.39, 0.29) is 6.10 Å². The molecule has 0 aliphatic carbocycles. The SMILES string of the molecule is CC(C)(C)CN[C@@H]1CC[C@@H](c2cnc[nH]2)OC1. The fourth-order valence-corrected chi connectivity index (χ4v) is 2.05. The molecule has 96 valence electrons. The lowest BCUT2D eigenvalue weighted by Gasteiger charge is -2.31. The van der Waals surface area contributed by atoms with Gasteiger partial charge in [-0.2, -0.15) is 0 Å². The summed E-state index contributed by atoms with van der Waals surface area (Å²) < 4.78 is 5.87. The average molecular weight is 237 g/mol. The van der Waals surface area contributed by atoms with E-state index in [2.05, 4.69) is 36.1 Å². The van der Waals surface area contributed by atoms with Crippen molar-refractivity contribution in [3.05, 3.63) is 18.2 Å². The predicted octanol–water partition coefficient (Wildman–Crippen LogP) is 2.27. The highest BCUT2D eigenvalue weighted by molar-refractivity contribution is 5.01. The Labute approximate surface area is 103 Å². The van der Waals surface area contributed by atoms with E-state index >= 15 is 0 Å². The first-order valence-corrected chi connectivity index (χ1v) is 6.38. The van der Waals surface area contributed by atoms with Gasteiger partial charge < -0.3 is 15.0 Å². The van der Waals surface area contributed by atoms with Gasteiger partial charge in [0.05, 0.1) is 30.9 Å². The Morgan fingerprint density at radius 3 is 2.82 bits per heavy atom. The van der Waals surface area contributed by atoms with E-state index in [1.807, 2.05) is 6.20 Å². The summed E-state index contributed by atoms with van der Waals surface area (Å²) >= 11 is 0. The van der Waals surface area contributed by atoms with Crippen molar-refractivity contribution in [1.82, 2.24) is 15.3 Å². The van der Waals surface area contributed by atoms with Gasteiger partial charge in [0.25, 0.3) is 0 Å². The Hall–Kier alpha value is -0.870. The highest BCUT2D eigenvalue weighted by Crippen LogP contribution is 2.26. The molecule has 17 heavy (non-hydrogen) atoms. The number of aromatic amines is 1. The maximum atomic E-state index is 5.87. The fourth-order valence-electron chi connectivity index (χ4n) is 2.05. The summed E-state index contributed by atoms with van der Waals surface area (Å²) in [6.07, 6.45) is 5.99. The van der Waals surface area contributed by atoms with Crippen molar-refractivity contribution in [2.45, 2.75) is 45.8 Å². The molecule has 0 bridgehead atoms. The Morgan fingerprint density at radius 2 is 2.29 bits per heavy atom. The van der Waals surface area contributed by atoms with Crippen molar-refractivity contribution in [2.75, 3.05) is 13.2 Å². The smallest absolute Gasteiger partial charge is 0.0989 e. The van der Waals surface area contributed by atoms with E-state index in [0.29, 0.717) is 11.5 Å². The van der Waals surface area contributed by atoms with Crippen LogP contribution in [0.25, 0.3) is 0 Å². The third-order valence-electron chi connectivity index (χ3n) is 3.06. The lowest BCUT2D eigenvalue weighted by atomic mass is 9.95. The summed E-state index contributed by atoms with van der Waals surface area (Å²) in [5.41, 5.74) is 1.43. The summed E-state index contributed by atoms with van der Waals surface area (Å²) in [5, 5.41) is 3.58. The minimum absolute atomic E-state index is 0.199. The quantitative estimate of drug-likeness (QED) is 0.848. The van der Waals surface area contributed by atoms with Crippen LogP contribution >= 0.6 is 0 Å². The summed E-state index contributed by atoms with van der Waals surface area (Å²) in [4.78, 5) is 7.16. The first kappa shape index (κ1) is 12.6. The van der Waals surface area contributed by atoms with Gasteiger partial charge in [0, 0.05) is 12.6 Å². The van der Waals surface area contributed by atoms with Crippen LogP contribution in [0.4, 0.5) is 0 Å². The zero-order chi connectivity index (χ0) is 12.3. The van der Waals surface area contributed by atoms with Crippen molar-refractivity contribution in [1.29, 1.82) is 0 Å². The second-order valence-corrected chi connectivity index (χ2v) is 6.04. The van der Waals surface area contributed by atoms with E-state index in [1.54, 1.807) is 6.33 Å². The van der Waals surface area contributed by atoms with Crippen LogP contribution in [-0.4, -0.2) is 29.2 Å². The number of ether oxygens (including phenoxy) is 1. The highest BCUT2D eigenvalue weighted by Gasteiger charge is 2.24. The summed E-state index contributed by atoms with van der Waals surface area (Å²) in [6, 6.07) is 0.494. The highest BCUT2D eigenvalue weighted by atomic mass is 16.5. The van der Waals surface area contributed by atoms with Crippen LogP contribution in [0.2, 0.25) is 0 Å². The first-order valence-electron chi connectivity index (χ1n) is 6.38. The normalized spacial score (nSPS) is 26.1. The Balaban J connectivity index is 1.75. The topological polar surface area (TPSA) is 49.9 Å². The maximum Gasteiger partial charge on any atom is 0.0989 e. The molecule has 0 aromatic carbocycles. The summed E-state index contributed by atoms with van der Waals surface area (Å²) in [5.74, 6) is 0. The molecule has 2 heterocycles. The van der Waals surface area contributed by atoms with Crippen molar-refractivity contribution in [3.8, 4) is 0 Å². The summed E-state index contributed by atoms with van der Waals surface area (Å²) in [7, 11) is 0. The molecule has 0 saturated carbocycles. The van der Waals surface area contributed by atoms with Gasteiger partial charge in [-0.05, 0) is 18.3 Å². The number of imidazole rings is 1. The zero-order valence-electron chi connectivity index (χ0n) is 11.0. The molecule has 2 rings (SSSR count). The minimum atomic E-state index is 0.199. The number of nitrogens with one attached hydrogen (secondary N) is 2. The van der Waals surface area contributed by atoms with Crippen molar-refractivity contribution in [3.63, 3.8) is 0 Å². The lowest BCUT2D eigenvalue weighted by Crippen LogP contribution is -2.41. The molecule has 0 spiro atoms. The second kappa shape index (κ2) is 5.19. The first-order chi connectivity index (χ1) is 8.04. The molecule has 0 radical (unpaired) electrons. The molecule has 1 aromatic heterocycles. The number of rotatable bonds is 3. The summed E-state index contributed by atoms with van der Waals surface area (Å²) in [6.45, 7) is 8.57. The van der Waals surface area contributed by atoms with Gasteiger partial charge in [0.2, 0.25) is 0 Å². The Kier molecular flexibility index (Phi) is 3.84. The molecule has 4 heteroatoms. The van der Waals surface area contributed by atoms with Crippen molar-refractivity contribution < 1.29 is 4.74 Å². The fraction of sp³-hybridized carbons (Fsp3) is 0.769. The average Bonchev–Trinajstić information content (AvgIpc) is 2.79. The lowest BCUT2D eigenvalue weighted by molar-refractivity contribution is -0.00759. The molecular weight excluding hydrogens is 214 g/mol. The third-order valence-corrected chi connectivity index (χ3v) is 3.06. The van der Waals surface area contributed by atoms with Gasteiger partial charge in [-0.15, -0.1) is 0 Å². The van der Waals surface area contributed by atoms with Crippen molar-refractivity contribution in [2.24, 2.45) is 5.41 Å². The number of hydrogen-bond acceptors (Lipinski definition) is 3. The molecule has 2 atom stereocenters. The Morgan fingerprint density at radius 1 is 1.47 bits per heavy atom. The predicted molar refractivity (Wildman–Crippen MR) is 67.8 cm³/mol. The third kappa shape index (κ3) is 3.82. The van der Waals surface area contributed by atoms with Crippen LogP contribution < -0.4 is 5.32 Å². The van der Waals surface area contributed by atoms with Crippen molar-refractivity contribution >= 4 is 0 Å². The molecule has 0 amide bonds. The van der Waals surface area contributed by atoms with E-state index in [9.17, 15) is 0 Å². The maximum absolute atomic E-state index is 5.87. The molecular formula is C13H23N3O. The standard InChI is InChI=1S/C13H23N3O/c1-13(2,3)8-15-10-4-5-12(17-7-10)11-6-14-9-16-11/h6,9-10,12,15H,4-5,7-8H2,1-3H3,(H,14,16)/t10-,12+/m1/s1. The van der Waals surface area contributed by atoms with Gasteiger partial charge >= 0.3 is 0 Å². The largest absolute Gasteiger partial charge is 0.370 e. The van der Waals surface area contributed by atoms with Gasteiger partial charge in [0.1, 0.15) is 0 Å². The van der Waals surface area contributed by atoms with E-state index in [1.165, 1.54) is 6.42 Å². The zero-order valence-corrected chi connectivity index (χ0v) is 11.0. The van der Waals surface area contributed by atoms with Gasteiger partial charge in [-0.25, -0.2) is 4.98 Å². The second-order valence-electron chi connectivity index (χ2n) is 6.04. The van der Waals surface area contributed by atoms with E-state index in [4.69, 9.17) is 4.74 Å². The molecule has 0 unspecified atom stereocenters. The van der Waals surface area contributed by atoms with Gasteiger partial charge in [0.15, 0.2) is 0 Å². The van der Waals surface area contributed by atoms with Crippen LogP contribution in [0, 0.1) is 5.41 Å². The van der Waals surface area contributed by atoms with Gasteiger partial charge in [-0.1, -0.05) is 20.8 Å². The molecule has 1 aliphatic rings. The van der Waals surface area contributed by atoms with Crippen LogP contribution in [0.1, 0.15) is 45.4 Å². The van der Waals surface area contributed by atoms with E-state index < -0.39 is 0 Å². The van der Waals surface area contributed by atoms with E-state index in [0.717, 1.165) is 25.3 Å². The monoisotopic (exact) mass is 237 g/mol. The van der Waals surface area contributed by atoms with Crippen LogP contribution in [0.15, 0.2) is 12.5 Å². The number of H-pyrrole nitrogens is 1. The minimum Gasteiger partial charge on any atom is -0.370 e. The Bertz CT molecular complexity index is 321.